The summed E-state index contributed by atoms with van der Waals surface area (Å²) in [7, 11) is 0. The lowest BCUT2D eigenvalue weighted by molar-refractivity contribution is -0.122. The topological polar surface area (TPSA) is 63.7 Å². The van der Waals surface area contributed by atoms with Crippen molar-refractivity contribution < 1.29 is 23.5 Å². The van der Waals surface area contributed by atoms with Gasteiger partial charge in [0.05, 0.1) is 17.5 Å². The third-order valence-corrected chi connectivity index (χ3v) is 5.45. The second-order valence-corrected chi connectivity index (χ2v) is 7.43. The van der Waals surface area contributed by atoms with Crippen molar-refractivity contribution >= 4 is 23.3 Å². The molecule has 1 aliphatic carbocycles. The van der Waals surface area contributed by atoms with E-state index in [0.717, 1.165) is 5.57 Å². The Morgan fingerprint density at radius 1 is 1.03 bits per heavy atom. The molecular weight excluding hydrogens is 373 g/mol. The first kappa shape index (κ1) is 19.1. The van der Waals surface area contributed by atoms with Crippen molar-refractivity contribution in [3.05, 3.63) is 71.6 Å². The minimum absolute atomic E-state index is 0.160. The van der Waals surface area contributed by atoms with Crippen LogP contribution in [-0.4, -0.2) is 24.2 Å². The molecule has 0 bridgehead atoms. The number of hydrogen-bond acceptors (Lipinski definition) is 4. The van der Waals surface area contributed by atoms with Crippen LogP contribution < -0.4 is 9.64 Å². The van der Waals surface area contributed by atoms with E-state index in [2.05, 4.69) is 0 Å². The summed E-state index contributed by atoms with van der Waals surface area (Å²) in [4.78, 5) is 38.8. The van der Waals surface area contributed by atoms with Crippen molar-refractivity contribution in [3.8, 4) is 5.75 Å². The zero-order chi connectivity index (χ0) is 20.5. The lowest BCUT2D eigenvalue weighted by Gasteiger charge is -2.18. The second-order valence-electron chi connectivity index (χ2n) is 7.43. The number of ether oxygens (including phenoxy) is 1. The van der Waals surface area contributed by atoms with Gasteiger partial charge in [0, 0.05) is 5.56 Å². The van der Waals surface area contributed by atoms with Gasteiger partial charge in [0.1, 0.15) is 11.6 Å². The fourth-order valence-electron chi connectivity index (χ4n) is 3.85. The van der Waals surface area contributed by atoms with Gasteiger partial charge in [0.25, 0.3) is 0 Å². The number of ketones is 1. The van der Waals surface area contributed by atoms with Gasteiger partial charge in [-0.3, -0.25) is 19.3 Å². The Bertz CT molecular complexity index is 995. The highest BCUT2D eigenvalue weighted by atomic mass is 19.1. The van der Waals surface area contributed by atoms with Crippen LogP contribution in [-0.2, 0) is 9.59 Å². The highest BCUT2D eigenvalue weighted by Gasteiger charge is 2.48. The molecule has 1 aliphatic heterocycles. The summed E-state index contributed by atoms with van der Waals surface area (Å²) in [5.41, 5.74) is 2.01. The molecule has 0 radical (unpaired) electrons. The van der Waals surface area contributed by atoms with E-state index in [0.29, 0.717) is 29.8 Å². The van der Waals surface area contributed by atoms with Crippen molar-refractivity contribution in [2.24, 2.45) is 11.8 Å². The largest absolute Gasteiger partial charge is 0.485 e. The van der Waals surface area contributed by atoms with Crippen molar-refractivity contribution in [1.82, 2.24) is 0 Å². The smallest absolute Gasteiger partial charge is 0.238 e. The molecular formula is C23H20FNO4. The van der Waals surface area contributed by atoms with E-state index in [9.17, 15) is 18.8 Å². The van der Waals surface area contributed by atoms with Crippen LogP contribution >= 0.6 is 0 Å². The quantitative estimate of drug-likeness (QED) is 0.439. The van der Waals surface area contributed by atoms with Crippen LogP contribution in [0.4, 0.5) is 10.1 Å². The van der Waals surface area contributed by atoms with Gasteiger partial charge in [-0.1, -0.05) is 11.6 Å². The molecule has 2 atom stereocenters. The summed E-state index contributed by atoms with van der Waals surface area (Å²) in [5.74, 6) is -1.12. The predicted molar refractivity (Wildman–Crippen MR) is 105 cm³/mol. The summed E-state index contributed by atoms with van der Waals surface area (Å²) in [6, 6.07) is 11.8. The average Bonchev–Trinajstić information content (AvgIpc) is 2.97. The fraction of sp³-hybridized carbons (Fsp3) is 0.261. The van der Waals surface area contributed by atoms with Gasteiger partial charge < -0.3 is 4.74 Å². The first-order valence-corrected chi connectivity index (χ1v) is 9.49. The molecule has 6 heteroatoms. The van der Waals surface area contributed by atoms with Gasteiger partial charge >= 0.3 is 0 Å². The van der Waals surface area contributed by atoms with Gasteiger partial charge in [0.2, 0.25) is 11.8 Å². The van der Waals surface area contributed by atoms with E-state index in [1.54, 1.807) is 24.3 Å². The molecule has 2 aromatic rings. The van der Waals surface area contributed by atoms with E-state index in [4.69, 9.17) is 4.74 Å². The number of Topliss-reactive ketones (excluding diaryl/α,β-unsaturated/α-hetero) is 1. The number of fused-ring (bicyclic) bond motifs is 1. The molecule has 0 aromatic heterocycles. The number of rotatable bonds is 5. The van der Waals surface area contributed by atoms with Gasteiger partial charge in [-0.2, -0.15) is 0 Å². The molecule has 2 aromatic carbocycles. The molecule has 0 unspecified atom stereocenters. The van der Waals surface area contributed by atoms with Crippen molar-refractivity contribution in [2.75, 3.05) is 11.5 Å². The molecule has 1 saturated heterocycles. The Hall–Kier alpha value is -3.28. The summed E-state index contributed by atoms with van der Waals surface area (Å²) in [6.45, 7) is 1.79. The monoisotopic (exact) mass is 393 g/mol. The molecule has 0 N–H and O–H groups in total. The highest BCUT2D eigenvalue weighted by molar-refractivity contribution is 6.22. The van der Waals surface area contributed by atoms with Gasteiger partial charge in [0.15, 0.2) is 12.4 Å². The Kier molecular flexibility index (Phi) is 5.01. The maximum absolute atomic E-state index is 12.9. The maximum atomic E-state index is 12.9. The highest BCUT2D eigenvalue weighted by Crippen LogP contribution is 2.39. The van der Waals surface area contributed by atoms with E-state index >= 15 is 0 Å². The number of halogens is 1. The van der Waals surface area contributed by atoms with Crippen molar-refractivity contribution in [3.63, 3.8) is 0 Å². The Labute approximate surface area is 167 Å². The molecule has 2 amide bonds. The maximum Gasteiger partial charge on any atom is 0.238 e. The van der Waals surface area contributed by atoms with Crippen LogP contribution in [0, 0.1) is 17.7 Å². The zero-order valence-corrected chi connectivity index (χ0v) is 15.9. The third-order valence-electron chi connectivity index (χ3n) is 5.45. The normalized spacial score (nSPS) is 21.0. The minimum Gasteiger partial charge on any atom is -0.485 e. The number of carbonyl (C=O) groups excluding carboxylic acids is 3. The van der Waals surface area contributed by atoms with E-state index in [1.807, 2.05) is 13.0 Å². The Balaban J connectivity index is 1.42. The molecule has 0 saturated carbocycles. The van der Waals surface area contributed by atoms with Crippen molar-refractivity contribution in [1.29, 1.82) is 0 Å². The summed E-state index contributed by atoms with van der Waals surface area (Å²) in [5, 5.41) is 0. The number of imide groups is 1. The molecule has 1 heterocycles. The molecule has 148 valence electrons. The Morgan fingerprint density at radius 2 is 1.69 bits per heavy atom. The van der Waals surface area contributed by atoms with Gasteiger partial charge in [-0.05, 0) is 68.3 Å². The summed E-state index contributed by atoms with van der Waals surface area (Å²) >= 11 is 0. The van der Waals surface area contributed by atoms with Crippen LogP contribution in [0.25, 0.3) is 0 Å². The first-order valence-electron chi connectivity index (χ1n) is 9.49. The first-order chi connectivity index (χ1) is 13.9. The molecule has 2 aliphatic rings. The molecule has 5 nitrogen and oxygen atoms in total. The Morgan fingerprint density at radius 3 is 2.38 bits per heavy atom. The van der Waals surface area contributed by atoms with Crippen LogP contribution in [0.3, 0.4) is 0 Å². The zero-order valence-electron chi connectivity index (χ0n) is 15.9. The van der Waals surface area contributed by atoms with Crippen LogP contribution in [0.2, 0.25) is 0 Å². The number of benzene rings is 2. The number of anilines is 1. The lowest BCUT2D eigenvalue weighted by atomic mass is 9.82. The van der Waals surface area contributed by atoms with Gasteiger partial charge in [-0.15, -0.1) is 0 Å². The summed E-state index contributed by atoms with van der Waals surface area (Å²) in [6.07, 6.45) is 3.26. The lowest BCUT2D eigenvalue weighted by Crippen LogP contribution is -2.30. The van der Waals surface area contributed by atoms with Crippen LogP contribution in [0.1, 0.15) is 30.1 Å². The molecule has 29 heavy (non-hydrogen) atoms. The SMILES string of the molecule is CC1=CC[C@@H]2C(=O)N(c3ccc(OCC(=O)c4ccc(F)cc4)cc3)C(=O)[C@H]2C1. The number of amides is 2. The predicted octanol–water partition coefficient (Wildman–Crippen LogP) is 3.93. The second kappa shape index (κ2) is 7.62. The fourth-order valence-corrected chi connectivity index (χ4v) is 3.85. The molecule has 1 fully saturated rings. The number of carbonyl (C=O) groups is 3. The van der Waals surface area contributed by atoms with Crippen LogP contribution in [0.5, 0.6) is 5.75 Å². The number of nitrogens with zero attached hydrogens (tertiary/aromatic N) is 1. The molecule has 4 rings (SSSR count). The standard InChI is InChI=1S/C23H20FNO4/c1-14-2-11-19-20(12-14)23(28)25(22(19)27)17-7-9-18(10-8-17)29-13-21(26)15-3-5-16(24)6-4-15/h2-10,19-20H,11-13H2,1H3/t19-,20-/m0/s1. The molecule has 0 spiro atoms. The van der Waals surface area contributed by atoms with E-state index in [-0.39, 0.29) is 36.0 Å². The van der Waals surface area contributed by atoms with Gasteiger partial charge in [-0.25, -0.2) is 4.39 Å². The van der Waals surface area contributed by atoms with Crippen molar-refractivity contribution in [2.45, 2.75) is 19.8 Å². The average molecular weight is 393 g/mol. The summed E-state index contributed by atoms with van der Waals surface area (Å²) < 4.78 is 18.4. The van der Waals surface area contributed by atoms with E-state index < -0.39 is 5.82 Å². The van der Waals surface area contributed by atoms with Crippen LogP contribution in [0.15, 0.2) is 60.2 Å². The third kappa shape index (κ3) is 3.70. The minimum atomic E-state index is -0.408. The number of allylic oxidation sites excluding steroid dienone is 2. The van der Waals surface area contributed by atoms with E-state index in [1.165, 1.54) is 29.2 Å². The number of hydrogen-bond donors (Lipinski definition) is 0.